The summed E-state index contributed by atoms with van der Waals surface area (Å²) in [7, 11) is -9.72. The van der Waals surface area contributed by atoms with Gasteiger partial charge in [-0.25, -0.2) is 21.6 Å². The van der Waals surface area contributed by atoms with E-state index in [1.807, 2.05) is 0 Å². The lowest BCUT2D eigenvalue weighted by Crippen LogP contribution is -2.34. The van der Waals surface area contributed by atoms with Gasteiger partial charge in [0.15, 0.2) is 9.79 Å². The molecule has 0 amide bonds. The van der Waals surface area contributed by atoms with Crippen LogP contribution in [0.3, 0.4) is 0 Å². The van der Waals surface area contributed by atoms with Gasteiger partial charge < -0.3 is 14.9 Å². The van der Waals surface area contributed by atoms with E-state index in [0.717, 1.165) is 48.5 Å². The van der Waals surface area contributed by atoms with Crippen molar-refractivity contribution in [3.05, 3.63) is 160 Å². The van der Waals surface area contributed by atoms with Crippen molar-refractivity contribution in [3.8, 4) is 11.5 Å². The Morgan fingerprint density at radius 3 is 1.41 bits per heavy atom. The third kappa shape index (κ3) is 6.72. The molecule has 0 fully saturated rings. The van der Waals surface area contributed by atoms with E-state index in [2.05, 4.69) is 9.44 Å². The molecule has 22 nitrogen and oxygen atoms in total. The van der Waals surface area contributed by atoms with Gasteiger partial charge in [-0.3, -0.25) is 49.9 Å². The quantitative estimate of drug-likeness (QED) is 0.0950. The average Bonchev–Trinajstić information content (AvgIpc) is 3.13. The summed E-state index contributed by atoms with van der Waals surface area (Å²) in [4.78, 5) is 51.9. The number of benzene rings is 5. The van der Waals surface area contributed by atoms with Crippen molar-refractivity contribution in [2.75, 3.05) is 9.44 Å². The zero-order chi connectivity index (χ0) is 40.9. The zero-order valence-electron chi connectivity index (χ0n) is 27.5. The van der Waals surface area contributed by atoms with Gasteiger partial charge in [0.1, 0.15) is 17.1 Å². The maximum Gasteiger partial charge on any atom is 0.336 e. The molecule has 0 spiro atoms. The second-order valence-electron chi connectivity index (χ2n) is 11.6. The molecule has 1 heterocycles. The molecular weight excluding hydrogens is 789 g/mol. The highest BCUT2D eigenvalue weighted by molar-refractivity contribution is 7.93. The van der Waals surface area contributed by atoms with Crippen molar-refractivity contribution in [3.63, 3.8) is 0 Å². The van der Waals surface area contributed by atoms with Crippen LogP contribution < -0.4 is 14.2 Å². The van der Waals surface area contributed by atoms with Crippen LogP contribution in [0.25, 0.3) is 0 Å². The molecule has 24 heteroatoms. The molecule has 0 radical (unpaired) electrons. The predicted octanol–water partition coefficient (Wildman–Crippen LogP) is 5.01. The van der Waals surface area contributed by atoms with Crippen LogP contribution in [0.4, 0.5) is 34.1 Å². The smallest absolute Gasteiger partial charge is 0.336 e. The molecule has 4 N–H and O–H groups in total. The number of nitro benzene ring substituents is 4. The first-order valence-corrected chi connectivity index (χ1v) is 18.1. The highest BCUT2D eigenvalue weighted by Gasteiger charge is 2.45. The molecule has 1 aliphatic rings. The number of non-ortho nitro benzene ring substituents is 2. The number of nitrogens with zero attached hydrogens (tertiary/aromatic N) is 4. The highest BCUT2D eigenvalue weighted by Crippen LogP contribution is 2.52. The zero-order valence-corrected chi connectivity index (χ0v) is 29.1. The van der Waals surface area contributed by atoms with Gasteiger partial charge >= 0.3 is 5.97 Å². The summed E-state index contributed by atoms with van der Waals surface area (Å²) in [5.74, 6) is -2.15. The number of hydrogen-bond acceptors (Lipinski definition) is 15. The second-order valence-corrected chi connectivity index (χ2v) is 14.9. The van der Waals surface area contributed by atoms with E-state index in [1.54, 1.807) is 0 Å². The molecule has 0 aromatic heterocycles. The van der Waals surface area contributed by atoms with E-state index >= 15 is 0 Å². The second kappa shape index (κ2) is 13.7. The molecule has 0 aliphatic carbocycles. The summed E-state index contributed by atoms with van der Waals surface area (Å²) < 4.78 is 63.7. The third-order valence-corrected chi connectivity index (χ3v) is 11.2. The van der Waals surface area contributed by atoms with Crippen LogP contribution in [0.2, 0.25) is 0 Å². The number of ether oxygens (including phenoxy) is 1. The first-order valence-electron chi connectivity index (χ1n) is 15.2. The first kappa shape index (κ1) is 38.2. The lowest BCUT2D eigenvalue weighted by Gasteiger charge is -2.37. The average molecular weight is 809 g/mol. The Morgan fingerprint density at radius 2 is 1.02 bits per heavy atom. The van der Waals surface area contributed by atoms with Gasteiger partial charge in [-0.15, -0.1) is 0 Å². The van der Waals surface area contributed by atoms with Crippen molar-refractivity contribution in [1.29, 1.82) is 0 Å². The van der Waals surface area contributed by atoms with Crippen LogP contribution in [0.15, 0.2) is 107 Å². The molecule has 0 saturated heterocycles. The third-order valence-electron chi connectivity index (χ3n) is 8.29. The Kier molecular flexibility index (Phi) is 9.33. The topological polar surface area (TPSA) is 332 Å². The molecule has 5 aromatic rings. The van der Waals surface area contributed by atoms with Crippen LogP contribution >= 0.6 is 0 Å². The molecule has 6 rings (SSSR count). The molecule has 0 bridgehead atoms. The number of sulfonamides is 2. The Bertz CT molecular complexity index is 2640. The molecule has 5 aromatic carbocycles. The SMILES string of the molecule is O=C(O)c1ccccc1C1(O)c2ccc(NS(=O)(=O)c3ccc([N+](=O)[O-])cc3[N+](=O)[O-])cc2Oc2cc(NS(=O)(=O)c3ccc([N+](=O)[O-])cc3[N+](=O)[O-])ccc21. The fourth-order valence-electron chi connectivity index (χ4n) is 5.88. The van der Waals surface area contributed by atoms with Crippen LogP contribution in [0, 0.1) is 40.5 Å². The van der Waals surface area contributed by atoms with Gasteiger partial charge in [0.2, 0.25) is 0 Å². The summed E-state index contributed by atoms with van der Waals surface area (Å²) in [5.41, 5.74) is -7.77. The van der Waals surface area contributed by atoms with Gasteiger partial charge in [-0.1, -0.05) is 18.2 Å². The van der Waals surface area contributed by atoms with Gasteiger partial charge in [0, 0.05) is 41.0 Å². The number of carbonyl (C=O) groups is 1. The molecular formula is C32H20N6O16S2. The standard InChI is InChI=1S/C32H20N6O16S2/c39-31(40)21-3-1-2-4-22(21)32(41)23-9-5-17(33-55(50,51)29-11-7-19(35(42)43)15-25(29)37(46)47)13-27(23)54-28-14-18(6-10-24(28)32)34-56(52,53)30-12-8-20(36(44)45)16-26(30)38(48)49/h1-16,33-34,41H,(H,39,40). The lowest BCUT2D eigenvalue weighted by atomic mass is 9.76. The number of anilines is 2. The van der Waals surface area contributed by atoms with Crippen LogP contribution in [0.1, 0.15) is 27.0 Å². The van der Waals surface area contributed by atoms with Crippen molar-refractivity contribution in [2.45, 2.75) is 15.4 Å². The Morgan fingerprint density at radius 1 is 0.589 bits per heavy atom. The highest BCUT2D eigenvalue weighted by atomic mass is 32.2. The summed E-state index contributed by atoms with van der Waals surface area (Å²) in [6.45, 7) is 0. The molecule has 1 aliphatic heterocycles. The number of carboxylic acid groups (broad SMARTS) is 1. The summed E-state index contributed by atoms with van der Waals surface area (Å²) in [5, 5.41) is 68.2. The van der Waals surface area contributed by atoms with E-state index in [1.165, 1.54) is 24.3 Å². The minimum atomic E-state index is -4.86. The van der Waals surface area contributed by atoms with Gasteiger partial charge in [-0.05, 0) is 42.5 Å². The molecule has 56 heavy (non-hydrogen) atoms. The van der Waals surface area contributed by atoms with E-state index in [9.17, 15) is 72.3 Å². The summed E-state index contributed by atoms with van der Waals surface area (Å²) in [6.07, 6.45) is 0. The largest absolute Gasteiger partial charge is 0.478 e. The van der Waals surface area contributed by atoms with Crippen LogP contribution in [-0.4, -0.2) is 52.7 Å². The normalized spacial score (nSPS) is 12.9. The fraction of sp³-hybridized carbons (Fsp3) is 0.0312. The van der Waals surface area contributed by atoms with Gasteiger partial charge in [0.05, 0.1) is 48.8 Å². The van der Waals surface area contributed by atoms with Crippen molar-refractivity contribution >= 4 is 60.1 Å². The van der Waals surface area contributed by atoms with Crippen LogP contribution in [0.5, 0.6) is 11.5 Å². The maximum absolute atomic E-state index is 13.4. The van der Waals surface area contributed by atoms with Crippen molar-refractivity contribution in [2.24, 2.45) is 0 Å². The number of fused-ring (bicyclic) bond motifs is 2. The minimum Gasteiger partial charge on any atom is -0.478 e. The number of hydrogen-bond donors (Lipinski definition) is 4. The Balaban J connectivity index is 1.46. The lowest BCUT2D eigenvalue weighted by molar-refractivity contribution is -0.396. The number of rotatable bonds is 12. The van der Waals surface area contributed by atoms with E-state index < -0.39 is 83.9 Å². The number of aliphatic hydroxyl groups is 1. The van der Waals surface area contributed by atoms with E-state index in [-0.39, 0.29) is 45.1 Å². The predicted molar refractivity (Wildman–Crippen MR) is 190 cm³/mol. The maximum atomic E-state index is 13.4. The molecule has 286 valence electrons. The Labute approximate surface area is 311 Å². The van der Waals surface area contributed by atoms with Gasteiger partial charge in [0.25, 0.3) is 42.8 Å². The fourth-order valence-corrected chi connectivity index (χ4v) is 8.28. The summed E-state index contributed by atoms with van der Waals surface area (Å²) in [6, 6.07) is 15.5. The first-order chi connectivity index (χ1) is 26.2. The van der Waals surface area contributed by atoms with E-state index in [4.69, 9.17) is 4.74 Å². The monoisotopic (exact) mass is 808 g/mol. The molecule has 0 unspecified atom stereocenters. The molecule has 0 atom stereocenters. The number of nitro groups is 4. The number of aromatic carboxylic acids is 1. The molecule has 0 saturated carbocycles. The van der Waals surface area contributed by atoms with E-state index in [0.29, 0.717) is 24.3 Å². The van der Waals surface area contributed by atoms with Crippen molar-refractivity contribution < 1.29 is 56.3 Å². The van der Waals surface area contributed by atoms with Gasteiger partial charge in [-0.2, -0.15) is 0 Å². The number of nitrogens with one attached hydrogen (secondary N) is 2. The summed E-state index contributed by atoms with van der Waals surface area (Å²) >= 11 is 0. The Hall–Kier alpha value is -7.57. The van der Waals surface area contributed by atoms with Crippen molar-refractivity contribution in [1.82, 2.24) is 0 Å². The minimum absolute atomic E-state index is 0.155. The van der Waals surface area contributed by atoms with Crippen LogP contribution in [-0.2, 0) is 25.6 Å². The number of carboxylic acids is 1.